The Bertz CT molecular complexity index is 1800. The van der Waals surface area contributed by atoms with Crippen molar-refractivity contribution in [3.63, 3.8) is 0 Å². The number of allylic oxidation sites excluding steroid dienone is 2. The molecule has 0 spiro atoms. The molecule has 0 amide bonds. The third kappa shape index (κ3) is 4.46. The monoisotopic (exact) mass is 573 g/mol. The number of fused-ring (bicyclic) bond motifs is 3. The third-order valence-electron chi connectivity index (χ3n) is 9.31. The topological polar surface area (TPSA) is 65.4 Å². The van der Waals surface area contributed by atoms with Gasteiger partial charge in [-0.25, -0.2) is 4.68 Å². The van der Waals surface area contributed by atoms with E-state index in [4.69, 9.17) is 14.6 Å². The van der Waals surface area contributed by atoms with Gasteiger partial charge in [-0.15, -0.1) is 0 Å². The Morgan fingerprint density at radius 2 is 1.70 bits per heavy atom. The lowest BCUT2D eigenvalue weighted by atomic mass is 9.68. The van der Waals surface area contributed by atoms with E-state index in [2.05, 4.69) is 87.1 Å². The molecule has 3 aliphatic rings. The van der Waals surface area contributed by atoms with Crippen LogP contribution in [0, 0.1) is 12.3 Å². The van der Waals surface area contributed by atoms with Gasteiger partial charge in [0, 0.05) is 40.2 Å². The summed E-state index contributed by atoms with van der Waals surface area (Å²) in [6, 6.07) is 22.7. The molecule has 43 heavy (non-hydrogen) atoms. The molecule has 4 aromatic rings. The molecule has 1 N–H and O–H groups in total. The predicted molar refractivity (Wildman–Crippen MR) is 169 cm³/mol. The first-order valence-electron chi connectivity index (χ1n) is 15.2. The van der Waals surface area contributed by atoms with Crippen molar-refractivity contribution in [3.8, 4) is 17.2 Å². The van der Waals surface area contributed by atoms with Crippen LogP contribution in [-0.2, 0) is 23.2 Å². The SMILES string of the molecule is COc1ccc2c(c1OCc1ccccc1)CC(C)(C)c1nn(-c3ccccc3C)c3c1C2C1=C(CC(C)(C)CC1=O)N3. The minimum atomic E-state index is -0.352. The molecular formula is C37H39N3O3. The first-order chi connectivity index (χ1) is 20.6. The molecule has 0 saturated carbocycles. The van der Waals surface area contributed by atoms with Gasteiger partial charge in [0.2, 0.25) is 0 Å². The minimum Gasteiger partial charge on any atom is -0.493 e. The Morgan fingerprint density at radius 1 is 0.953 bits per heavy atom. The number of ketones is 1. The number of benzene rings is 3. The van der Waals surface area contributed by atoms with Gasteiger partial charge in [-0.3, -0.25) is 4.79 Å². The molecule has 0 saturated heterocycles. The van der Waals surface area contributed by atoms with Crippen LogP contribution in [0.4, 0.5) is 5.82 Å². The van der Waals surface area contributed by atoms with Crippen molar-refractivity contribution in [2.45, 2.75) is 71.8 Å². The summed E-state index contributed by atoms with van der Waals surface area (Å²) in [6.45, 7) is 11.4. The normalized spacial score (nSPS) is 19.5. The molecule has 7 rings (SSSR count). The van der Waals surface area contributed by atoms with Crippen molar-refractivity contribution in [3.05, 3.63) is 112 Å². The number of hydrogen-bond donors (Lipinski definition) is 1. The van der Waals surface area contributed by atoms with Gasteiger partial charge in [-0.05, 0) is 54.0 Å². The maximum atomic E-state index is 14.1. The summed E-state index contributed by atoms with van der Waals surface area (Å²) in [5.74, 6) is 2.37. The highest BCUT2D eigenvalue weighted by Gasteiger charge is 2.48. The van der Waals surface area contributed by atoms with Crippen molar-refractivity contribution in [2.75, 3.05) is 12.4 Å². The van der Waals surface area contributed by atoms with Crippen LogP contribution in [0.15, 0.2) is 78.0 Å². The number of nitrogens with zero attached hydrogens (tertiary/aromatic N) is 2. The molecular weight excluding hydrogens is 534 g/mol. The standard InChI is InChI=1S/C37H39N3O3/c1-22-12-10-11-15-27(22)40-35-32-30(31-26(38-35)19-36(2,3)20-28(31)41)24-16-17-29(42-6)33(43-21-23-13-8-7-9-14-23)25(24)18-37(4,5)34(32)39-40/h7-17,30,38H,18-21H2,1-6H3. The molecule has 1 atom stereocenters. The lowest BCUT2D eigenvalue weighted by Crippen LogP contribution is -2.34. The fourth-order valence-electron chi connectivity index (χ4n) is 7.33. The fourth-order valence-corrected chi connectivity index (χ4v) is 7.33. The van der Waals surface area contributed by atoms with Crippen LogP contribution in [0.1, 0.15) is 80.0 Å². The summed E-state index contributed by atoms with van der Waals surface area (Å²) in [5.41, 5.74) is 8.97. The molecule has 1 unspecified atom stereocenters. The summed E-state index contributed by atoms with van der Waals surface area (Å²) in [7, 11) is 1.69. The number of aromatic nitrogens is 2. The molecule has 2 aliphatic carbocycles. The van der Waals surface area contributed by atoms with Gasteiger partial charge in [-0.1, -0.05) is 82.3 Å². The number of para-hydroxylation sites is 1. The number of methoxy groups -OCH3 is 1. The first kappa shape index (κ1) is 27.5. The summed E-state index contributed by atoms with van der Waals surface area (Å²) >= 11 is 0. The second-order valence-corrected chi connectivity index (χ2v) is 13.7. The molecule has 0 fully saturated rings. The number of aryl methyl sites for hydroxylation is 1. The van der Waals surface area contributed by atoms with Crippen LogP contribution >= 0.6 is 0 Å². The van der Waals surface area contributed by atoms with Gasteiger partial charge < -0.3 is 14.8 Å². The van der Waals surface area contributed by atoms with E-state index in [9.17, 15) is 4.79 Å². The highest BCUT2D eigenvalue weighted by atomic mass is 16.5. The van der Waals surface area contributed by atoms with Crippen LogP contribution in [0.3, 0.4) is 0 Å². The number of ether oxygens (including phenoxy) is 2. The lowest BCUT2D eigenvalue weighted by molar-refractivity contribution is -0.118. The Kier molecular flexibility index (Phi) is 6.31. The lowest BCUT2D eigenvalue weighted by Gasteiger charge is -2.39. The van der Waals surface area contributed by atoms with Crippen LogP contribution in [0.25, 0.3) is 5.69 Å². The third-order valence-corrected chi connectivity index (χ3v) is 9.31. The van der Waals surface area contributed by atoms with Crippen LogP contribution in [0.2, 0.25) is 0 Å². The summed E-state index contributed by atoms with van der Waals surface area (Å²) in [4.78, 5) is 14.1. The second-order valence-electron chi connectivity index (χ2n) is 13.7. The van der Waals surface area contributed by atoms with E-state index in [-0.39, 0.29) is 22.5 Å². The molecule has 6 nitrogen and oxygen atoms in total. The molecule has 1 aliphatic heterocycles. The summed E-state index contributed by atoms with van der Waals surface area (Å²) in [6.07, 6.45) is 2.01. The van der Waals surface area contributed by atoms with Crippen molar-refractivity contribution in [1.29, 1.82) is 0 Å². The summed E-state index contributed by atoms with van der Waals surface area (Å²) < 4.78 is 14.6. The highest BCUT2D eigenvalue weighted by molar-refractivity contribution is 6.02. The van der Waals surface area contributed by atoms with E-state index in [1.165, 1.54) is 0 Å². The average molecular weight is 574 g/mol. The maximum absolute atomic E-state index is 14.1. The number of anilines is 1. The van der Waals surface area contributed by atoms with Crippen LogP contribution in [0.5, 0.6) is 11.5 Å². The van der Waals surface area contributed by atoms with E-state index in [1.807, 2.05) is 24.3 Å². The zero-order valence-electron chi connectivity index (χ0n) is 25.9. The zero-order chi connectivity index (χ0) is 30.1. The van der Waals surface area contributed by atoms with Gasteiger partial charge in [0.15, 0.2) is 17.3 Å². The van der Waals surface area contributed by atoms with Crippen LogP contribution in [-0.4, -0.2) is 22.7 Å². The van der Waals surface area contributed by atoms with Crippen molar-refractivity contribution < 1.29 is 14.3 Å². The highest BCUT2D eigenvalue weighted by Crippen LogP contribution is 2.56. The average Bonchev–Trinajstić information content (AvgIpc) is 3.31. The van der Waals surface area contributed by atoms with Crippen molar-refractivity contribution in [1.82, 2.24) is 9.78 Å². The number of nitrogens with one attached hydrogen (secondary N) is 1. The number of rotatable bonds is 5. The quantitative estimate of drug-likeness (QED) is 0.264. The van der Waals surface area contributed by atoms with Gasteiger partial charge in [0.1, 0.15) is 12.4 Å². The Balaban J connectivity index is 1.49. The first-order valence-corrected chi connectivity index (χ1v) is 15.2. The minimum absolute atomic E-state index is 0.131. The van der Waals surface area contributed by atoms with E-state index in [1.54, 1.807) is 7.11 Å². The number of carbonyl (C=O) groups is 1. The Morgan fingerprint density at radius 3 is 2.44 bits per heavy atom. The zero-order valence-corrected chi connectivity index (χ0v) is 25.9. The van der Waals surface area contributed by atoms with Crippen molar-refractivity contribution in [2.24, 2.45) is 5.41 Å². The molecule has 1 aromatic heterocycles. The van der Waals surface area contributed by atoms with E-state index >= 15 is 0 Å². The smallest absolute Gasteiger partial charge is 0.165 e. The van der Waals surface area contributed by atoms with Crippen molar-refractivity contribution >= 4 is 11.6 Å². The maximum Gasteiger partial charge on any atom is 0.165 e. The number of hydrogen-bond acceptors (Lipinski definition) is 5. The fraction of sp³-hybridized carbons (Fsp3) is 0.351. The Hall–Kier alpha value is -4.32. The Labute approximate surface area is 253 Å². The molecule has 3 aromatic carbocycles. The van der Waals surface area contributed by atoms with Gasteiger partial charge in [-0.2, -0.15) is 5.10 Å². The predicted octanol–water partition coefficient (Wildman–Crippen LogP) is 7.80. The van der Waals surface area contributed by atoms with Gasteiger partial charge >= 0.3 is 0 Å². The van der Waals surface area contributed by atoms with Crippen LogP contribution < -0.4 is 14.8 Å². The van der Waals surface area contributed by atoms with E-state index in [0.717, 1.165) is 68.5 Å². The largest absolute Gasteiger partial charge is 0.493 e. The molecule has 220 valence electrons. The van der Waals surface area contributed by atoms with Gasteiger partial charge in [0.25, 0.3) is 0 Å². The molecule has 6 heteroatoms. The number of carbonyl (C=O) groups excluding carboxylic acids is 1. The molecule has 0 radical (unpaired) electrons. The van der Waals surface area contributed by atoms with E-state index < -0.39 is 0 Å². The molecule has 2 heterocycles. The van der Waals surface area contributed by atoms with E-state index in [0.29, 0.717) is 25.2 Å². The van der Waals surface area contributed by atoms with Gasteiger partial charge in [0.05, 0.1) is 18.5 Å². The molecule has 0 bridgehead atoms. The second kappa shape index (κ2) is 9.87. The summed E-state index contributed by atoms with van der Waals surface area (Å²) in [5, 5.41) is 9.15. The number of Topliss-reactive ketones (excluding diaryl/α,β-unsaturated/α-hetero) is 1.